The van der Waals surface area contributed by atoms with Gasteiger partial charge in [-0.05, 0) is 30.4 Å². The average Bonchev–Trinajstić information content (AvgIpc) is 3.07. The summed E-state index contributed by atoms with van der Waals surface area (Å²) in [6.07, 6.45) is 6.67. The molecular weight excluding hydrogens is 264 g/mol. The first kappa shape index (κ1) is 16.1. The number of furan rings is 1. The van der Waals surface area contributed by atoms with Crippen LogP contribution in [-0.2, 0) is 11.3 Å². The molecule has 1 fully saturated rings. The van der Waals surface area contributed by atoms with Crippen molar-refractivity contribution in [1.29, 1.82) is 0 Å². The predicted octanol–water partition coefficient (Wildman–Crippen LogP) is 3.31. The molecule has 0 saturated heterocycles. The van der Waals surface area contributed by atoms with Gasteiger partial charge in [0.2, 0.25) is 5.91 Å². The molecule has 1 heterocycles. The molecule has 1 aliphatic rings. The molecule has 1 amide bonds. The molecule has 118 valence electrons. The molecule has 4 heteroatoms. The monoisotopic (exact) mass is 292 g/mol. The van der Waals surface area contributed by atoms with Crippen LogP contribution in [0.1, 0.15) is 58.6 Å². The number of hydrogen-bond acceptors (Lipinski definition) is 3. The van der Waals surface area contributed by atoms with E-state index in [-0.39, 0.29) is 17.4 Å². The fraction of sp³-hybridized carbons (Fsp3) is 0.706. The fourth-order valence-electron chi connectivity index (χ4n) is 2.82. The predicted molar refractivity (Wildman–Crippen MR) is 83.6 cm³/mol. The SMILES string of the molecule is CC(C)(C)C(N)CC(=O)N(Cc1ccco1)C1CCCC1. The van der Waals surface area contributed by atoms with Gasteiger partial charge in [-0.3, -0.25) is 4.79 Å². The van der Waals surface area contributed by atoms with Crippen molar-refractivity contribution in [2.24, 2.45) is 11.1 Å². The molecule has 0 bridgehead atoms. The number of carbonyl (C=O) groups is 1. The van der Waals surface area contributed by atoms with E-state index in [2.05, 4.69) is 20.8 Å². The molecule has 0 radical (unpaired) electrons. The van der Waals surface area contributed by atoms with Gasteiger partial charge in [0.15, 0.2) is 0 Å². The van der Waals surface area contributed by atoms with Gasteiger partial charge in [-0.25, -0.2) is 0 Å². The van der Waals surface area contributed by atoms with Crippen LogP contribution in [0.2, 0.25) is 0 Å². The van der Waals surface area contributed by atoms with Crippen molar-refractivity contribution in [2.45, 2.75) is 71.5 Å². The van der Waals surface area contributed by atoms with Crippen LogP contribution in [0, 0.1) is 5.41 Å². The maximum absolute atomic E-state index is 12.7. The third-order valence-electron chi connectivity index (χ3n) is 4.50. The van der Waals surface area contributed by atoms with Gasteiger partial charge in [0.1, 0.15) is 5.76 Å². The molecule has 1 aliphatic carbocycles. The molecule has 2 rings (SSSR count). The van der Waals surface area contributed by atoms with Crippen LogP contribution in [-0.4, -0.2) is 22.9 Å². The normalized spacial score (nSPS) is 17.9. The van der Waals surface area contributed by atoms with Crippen LogP contribution in [0.3, 0.4) is 0 Å². The van der Waals surface area contributed by atoms with Crippen LogP contribution in [0.15, 0.2) is 22.8 Å². The summed E-state index contributed by atoms with van der Waals surface area (Å²) in [6, 6.07) is 4.02. The Hall–Kier alpha value is -1.29. The Labute approximate surface area is 127 Å². The lowest BCUT2D eigenvalue weighted by molar-refractivity contribution is -0.135. The quantitative estimate of drug-likeness (QED) is 0.905. The van der Waals surface area contributed by atoms with Gasteiger partial charge in [-0.1, -0.05) is 33.6 Å². The summed E-state index contributed by atoms with van der Waals surface area (Å²) in [6.45, 7) is 6.81. The lowest BCUT2D eigenvalue weighted by Crippen LogP contribution is -2.44. The number of carbonyl (C=O) groups excluding carboxylic acids is 1. The maximum Gasteiger partial charge on any atom is 0.224 e. The van der Waals surface area contributed by atoms with Crippen LogP contribution < -0.4 is 5.73 Å². The Balaban J connectivity index is 2.05. The van der Waals surface area contributed by atoms with Gasteiger partial charge < -0.3 is 15.1 Å². The van der Waals surface area contributed by atoms with E-state index in [0.717, 1.165) is 18.6 Å². The second-order valence-electron chi connectivity index (χ2n) is 7.22. The van der Waals surface area contributed by atoms with E-state index in [9.17, 15) is 4.79 Å². The van der Waals surface area contributed by atoms with Crippen LogP contribution in [0.25, 0.3) is 0 Å². The summed E-state index contributed by atoms with van der Waals surface area (Å²) < 4.78 is 5.42. The third-order valence-corrected chi connectivity index (χ3v) is 4.50. The molecular formula is C17H28N2O2. The second kappa shape index (κ2) is 6.65. The standard InChI is InChI=1S/C17H28N2O2/c1-17(2,3)15(18)11-16(20)19(13-7-4-5-8-13)12-14-9-6-10-21-14/h6,9-10,13,15H,4-5,7-8,11-12,18H2,1-3H3. The molecule has 1 aromatic heterocycles. The van der Waals surface area contributed by atoms with Crippen molar-refractivity contribution in [3.05, 3.63) is 24.2 Å². The van der Waals surface area contributed by atoms with E-state index in [1.807, 2.05) is 17.0 Å². The number of rotatable bonds is 5. The van der Waals surface area contributed by atoms with Crippen LogP contribution >= 0.6 is 0 Å². The van der Waals surface area contributed by atoms with Crippen LogP contribution in [0.4, 0.5) is 0 Å². The van der Waals surface area contributed by atoms with Gasteiger partial charge >= 0.3 is 0 Å². The summed E-state index contributed by atoms with van der Waals surface area (Å²) in [4.78, 5) is 14.7. The lowest BCUT2D eigenvalue weighted by atomic mass is 9.85. The zero-order valence-electron chi connectivity index (χ0n) is 13.5. The van der Waals surface area contributed by atoms with Gasteiger partial charge in [-0.15, -0.1) is 0 Å². The molecule has 0 aliphatic heterocycles. The van der Waals surface area contributed by atoms with E-state index in [1.165, 1.54) is 12.8 Å². The average molecular weight is 292 g/mol. The molecule has 21 heavy (non-hydrogen) atoms. The Morgan fingerprint density at radius 2 is 2.10 bits per heavy atom. The number of nitrogens with two attached hydrogens (primary N) is 1. The molecule has 1 saturated carbocycles. The fourth-order valence-corrected chi connectivity index (χ4v) is 2.82. The summed E-state index contributed by atoms with van der Waals surface area (Å²) in [7, 11) is 0. The molecule has 0 aromatic carbocycles. The smallest absolute Gasteiger partial charge is 0.224 e. The lowest BCUT2D eigenvalue weighted by Gasteiger charge is -2.32. The van der Waals surface area contributed by atoms with Gasteiger partial charge in [-0.2, -0.15) is 0 Å². The highest BCUT2D eigenvalue weighted by Gasteiger charge is 2.31. The minimum absolute atomic E-state index is 0.0539. The minimum atomic E-state index is -0.120. The first-order valence-electron chi connectivity index (χ1n) is 7.95. The Bertz CT molecular complexity index is 442. The highest BCUT2D eigenvalue weighted by atomic mass is 16.3. The number of amides is 1. The summed E-state index contributed by atoms with van der Waals surface area (Å²) >= 11 is 0. The molecule has 1 atom stereocenters. The highest BCUT2D eigenvalue weighted by molar-refractivity contribution is 5.77. The first-order valence-corrected chi connectivity index (χ1v) is 7.95. The highest BCUT2D eigenvalue weighted by Crippen LogP contribution is 2.27. The molecule has 4 nitrogen and oxygen atoms in total. The Kier molecular flexibility index (Phi) is 5.09. The molecule has 1 aromatic rings. The molecule has 2 N–H and O–H groups in total. The van der Waals surface area contributed by atoms with Crippen molar-refractivity contribution in [3.8, 4) is 0 Å². The van der Waals surface area contributed by atoms with E-state index < -0.39 is 0 Å². The summed E-state index contributed by atoms with van der Waals surface area (Å²) in [5.41, 5.74) is 6.14. The van der Waals surface area contributed by atoms with Gasteiger partial charge in [0.25, 0.3) is 0 Å². The maximum atomic E-state index is 12.7. The Morgan fingerprint density at radius 1 is 1.43 bits per heavy atom. The van der Waals surface area contributed by atoms with E-state index in [4.69, 9.17) is 10.2 Å². The van der Waals surface area contributed by atoms with E-state index >= 15 is 0 Å². The minimum Gasteiger partial charge on any atom is -0.467 e. The van der Waals surface area contributed by atoms with Gasteiger partial charge in [0, 0.05) is 18.5 Å². The summed E-state index contributed by atoms with van der Waals surface area (Å²) in [5.74, 6) is 1.00. The Morgan fingerprint density at radius 3 is 2.62 bits per heavy atom. The van der Waals surface area contributed by atoms with E-state index in [1.54, 1.807) is 6.26 Å². The van der Waals surface area contributed by atoms with Crippen molar-refractivity contribution in [3.63, 3.8) is 0 Å². The number of hydrogen-bond donors (Lipinski definition) is 1. The van der Waals surface area contributed by atoms with Gasteiger partial charge in [0.05, 0.1) is 12.8 Å². The first-order chi connectivity index (χ1) is 9.88. The third kappa shape index (κ3) is 4.34. The largest absolute Gasteiger partial charge is 0.467 e. The molecule has 0 spiro atoms. The van der Waals surface area contributed by atoms with E-state index in [0.29, 0.717) is 19.0 Å². The van der Waals surface area contributed by atoms with Crippen molar-refractivity contribution in [2.75, 3.05) is 0 Å². The topological polar surface area (TPSA) is 59.5 Å². The second-order valence-corrected chi connectivity index (χ2v) is 7.22. The van der Waals surface area contributed by atoms with Crippen molar-refractivity contribution < 1.29 is 9.21 Å². The van der Waals surface area contributed by atoms with Crippen molar-refractivity contribution >= 4 is 5.91 Å². The molecule has 1 unspecified atom stereocenters. The van der Waals surface area contributed by atoms with Crippen molar-refractivity contribution in [1.82, 2.24) is 4.90 Å². The zero-order valence-corrected chi connectivity index (χ0v) is 13.5. The number of nitrogens with zero attached hydrogens (tertiary/aromatic N) is 1. The summed E-state index contributed by atoms with van der Waals surface area (Å²) in [5, 5.41) is 0. The van der Waals surface area contributed by atoms with Crippen LogP contribution in [0.5, 0.6) is 0 Å². The zero-order chi connectivity index (χ0) is 15.5.